The van der Waals surface area contributed by atoms with Gasteiger partial charge in [0.05, 0.1) is 6.61 Å². The monoisotopic (exact) mass is 299 g/mol. The van der Waals surface area contributed by atoms with Crippen LogP contribution in [0.15, 0.2) is 24.3 Å². The summed E-state index contributed by atoms with van der Waals surface area (Å²) in [6, 6.07) is 6.91. The molecule has 1 aromatic rings. The number of hydrogen-bond donors (Lipinski definition) is 1. The van der Waals surface area contributed by atoms with E-state index < -0.39 is 5.91 Å². The fourth-order valence-corrected chi connectivity index (χ4v) is 2.21. The molecule has 0 saturated carbocycles. The van der Waals surface area contributed by atoms with Gasteiger partial charge >= 0.3 is 0 Å². The Labute approximate surface area is 110 Å². The van der Waals surface area contributed by atoms with Crippen molar-refractivity contribution in [1.29, 1.82) is 0 Å². The number of halogens is 1. The quantitative estimate of drug-likeness (QED) is 0.787. The van der Waals surface area contributed by atoms with Crippen LogP contribution in [-0.2, 0) is 0 Å². The predicted molar refractivity (Wildman–Crippen MR) is 72.6 cm³/mol. The Morgan fingerprint density at radius 2 is 2.00 bits per heavy atom. The summed E-state index contributed by atoms with van der Waals surface area (Å²) < 4.78 is 5.59. The molecule has 2 N–H and O–H groups in total. The fraction of sp³-hybridized carbons (Fsp3) is 0.462. The Balaban J connectivity index is 2.34. The molecule has 1 aromatic carbocycles. The largest absolute Gasteiger partial charge is 0.494 e. The summed E-state index contributed by atoms with van der Waals surface area (Å²) in [7, 11) is 0. The smallest absolute Gasteiger partial charge is 0.248 e. The summed E-state index contributed by atoms with van der Waals surface area (Å²) >= 11 is 3.42. The third-order valence-corrected chi connectivity index (χ3v) is 3.08. The maximum absolute atomic E-state index is 10.9. The zero-order chi connectivity index (χ0) is 12.7. The lowest BCUT2D eigenvalue weighted by Crippen LogP contribution is -2.10. The van der Waals surface area contributed by atoms with E-state index in [-0.39, 0.29) is 0 Å². The number of nitrogens with two attached hydrogens (primary N) is 1. The zero-order valence-corrected chi connectivity index (χ0v) is 11.6. The van der Waals surface area contributed by atoms with Crippen molar-refractivity contribution in [2.75, 3.05) is 11.9 Å². The standard InChI is InChI=1S/C13H18BrNO2/c1-10(6-8-14)7-9-17-12-4-2-11(3-5-12)13(15)16/h2-5,10H,6-9H2,1H3,(H2,15,16). The first-order chi connectivity index (χ1) is 8.13. The van der Waals surface area contributed by atoms with Crippen molar-refractivity contribution in [1.82, 2.24) is 0 Å². The van der Waals surface area contributed by atoms with Gasteiger partial charge in [-0.15, -0.1) is 0 Å². The van der Waals surface area contributed by atoms with Crippen LogP contribution in [0.5, 0.6) is 5.75 Å². The second kappa shape index (κ2) is 7.33. The van der Waals surface area contributed by atoms with Gasteiger partial charge in [0, 0.05) is 10.9 Å². The average Bonchev–Trinajstić information content (AvgIpc) is 2.30. The molecule has 0 spiro atoms. The highest BCUT2D eigenvalue weighted by atomic mass is 79.9. The van der Waals surface area contributed by atoms with Crippen molar-refractivity contribution < 1.29 is 9.53 Å². The van der Waals surface area contributed by atoms with Gasteiger partial charge in [-0.25, -0.2) is 0 Å². The van der Waals surface area contributed by atoms with E-state index in [1.54, 1.807) is 24.3 Å². The second-order valence-electron chi connectivity index (χ2n) is 4.11. The minimum Gasteiger partial charge on any atom is -0.494 e. The molecule has 1 amide bonds. The van der Waals surface area contributed by atoms with Gasteiger partial charge in [-0.2, -0.15) is 0 Å². The van der Waals surface area contributed by atoms with Crippen LogP contribution >= 0.6 is 15.9 Å². The molecule has 1 rings (SSSR count). The van der Waals surface area contributed by atoms with Crippen LogP contribution in [0.1, 0.15) is 30.1 Å². The van der Waals surface area contributed by atoms with E-state index in [4.69, 9.17) is 10.5 Å². The SMILES string of the molecule is CC(CCBr)CCOc1ccc(C(N)=O)cc1. The van der Waals surface area contributed by atoms with Crippen molar-refractivity contribution in [3.63, 3.8) is 0 Å². The summed E-state index contributed by atoms with van der Waals surface area (Å²) in [5, 5.41) is 1.03. The molecular weight excluding hydrogens is 282 g/mol. The molecule has 0 bridgehead atoms. The maximum Gasteiger partial charge on any atom is 0.248 e. The first-order valence-corrected chi connectivity index (χ1v) is 6.84. The zero-order valence-electron chi connectivity index (χ0n) is 9.99. The highest BCUT2D eigenvalue weighted by Gasteiger charge is 2.03. The topological polar surface area (TPSA) is 52.3 Å². The van der Waals surface area contributed by atoms with E-state index in [0.717, 1.165) is 23.9 Å². The number of carbonyl (C=O) groups is 1. The van der Waals surface area contributed by atoms with Gasteiger partial charge in [-0.1, -0.05) is 22.9 Å². The number of alkyl halides is 1. The summed E-state index contributed by atoms with van der Waals surface area (Å²) in [6.07, 6.45) is 2.19. The summed E-state index contributed by atoms with van der Waals surface area (Å²) in [5.41, 5.74) is 5.66. The molecule has 0 aromatic heterocycles. The Bertz CT molecular complexity index is 351. The van der Waals surface area contributed by atoms with Gasteiger partial charge < -0.3 is 10.5 Å². The van der Waals surface area contributed by atoms with Crippen LogP contribution in [0.4, 0.5) is 0 Å². The number of primary amides is 1. The van der Waals surface area contributed by atoms with E-state index >= 15 is 0 Å². The lowest BCUT2D eigenvalue weighted by Gasteiger charge is -2.10. The Hall–Kier alpha value is -1.03. The first-order valence-electron chi connectivity index (χ1n) is 5.72. The van der Waals surface area contributed by atoms with E-state index in [2.05, 4.69) is 22.9 Å². The Kier molecular flexibility index (Phi) is 6.05. The lowest BCUT2D eigenvalue weighted by molar-refractivity contribution is 0.100. The lowest BCUT2D eigenvalue weighted by atomic mass is 10.1. The highest BCUT2D eigenvalue weighted by molar-refractivity contribution is 9.09. The molecule has 3 nitrogen and oxygen atoms in total. The third kappa shape index (κ3) is 5.22. The molecular formula is C13H18BrNO2. The average molecular weight is 300 g/mol. The van der Waals surface area contributed by atoms with Gasteiger partial charge in [0.2, 0.25) is 5.91 Å². The maximum atomic E-state index is 10.9. The van der Waals surface area contributed by atoms with Crippen LogP contribution in [0.2, 0.25) is 0 Å². The van der Waals surface area contributed by atoms with Gasteiger partial charge in [0.15, 0.2) is 0 Å². The predicted octanol–water partition coefficient (Wildman–Crippen LogP) is 2.98. The number of ether oxygens (including phenoxy) is 1. The van der Waals surface area contributed by atoms with E-state index in [9.17, 15) is 4.79 Å². The van der Waals surface area contributed by atoms with Crippen molar-refractivity contribution in [2.45, 2.75) is 19.8 Å². The van der Waals surface area contributed by atoms with Crippen LogP contribution in [0.25, 0.3) is 0 Å². The second-order valence-corrected chi connectivity index (χ2v) is 4.90. The Morgan fingerprint density at radius 1 is 1.35 bits per heavy atom. The van der Waals surface area contributed by atoms with E-state index in [1.807, 2.05) is 0 Å². The number of amides is 1. The summed E-state index contributed by atoms with van der Waals surface area (Å²) in [5.74, 6) is 1.02. The molecule has 17 heavy (non-hydrogen) atoms. The highest BCUT2D eigenvalue weighted by Crippen LogP contribution is 2.14. The molecule has 0 heterocycles. The molecule has 0 saturated heterocycles. The Morgan fingerprint density at radius 3 is 2.53 bits per heavy atom. The molecule has 0 fully saturated rings. The number of benzene rings is 1. The minimum absolute atomic E-state index is 0.414. The number of hydrogen-bond acceptors (Lipinski definition) is 2. The number of rotatable bonds is 7. The first kappa shape index (κ1) is 14.0. The van der Waals surface area contributed by atoms with Crippen molar-refractivity contribution >= 4 is 21.8 Å². The molecule has 0 aliphatic rings. The molecule has 0 radical (unpaired) electrons. The molecule has 0 aliphatic carbocycles. The van der Waals surface area contributed by atoms with Gasteiger partial charge in [-0.05, 0) is 43.0 Å². The third-order valence-electron chi connectivity index (χ3n) is 2.62. The minimum atomic E-state index is -0.414. The van der Waals surface area contributed by atoms with Gasteiger partial charge in [0.25, 0.3) is 0 Å². The van der Waals surface area contributed by atoms with E-state index in [0.29, 0.717) is 18.1 Å². The van der Waals surface area contributed by atoms with Crippen LogP contribution < -0.4 is 10.5 Å². The van der Waals surface area contributed by atoms with Crippen molar-refractivity contribution in [3.8, 4) is 5.75 Å². The van der Waals surface area contributed by atoms with Crippen LogP contribution in [0, 0.1) is 5.92 Å². The summed E-state index contributed by atoms with van der Waals surface area (Å²) in [4.78, 5) is 10.9. The van der Waals surface area contributed by atoms with Crippen molar-refractivity contribution in [3.05, 3.63) is 29.8 Å². The molecule has 1 atom stereocenters. The van der Waals surface area contributed by atoms with Gasteiger partial charge in [-0.3, -0.25) is 4.79 Å². The molecule has 1 unspecified atom stereocenters. The van der Waals surface area contributed by atoms with Crippen molar-refractivity contribution in [2.24, 2.45) is 11.7 Å². The summed E-state index contributed by atoms with van der Waals surface area (Å²) in [6.45, 7) is 2.91. The van der Waals surface area contributed by atoms with Crippen LogP contribution in [0.3, 0.4) is 0 Å². The molecule has 0 aliphatic heterocycles. The van der Waals surface area contributed by atoms with Crippen LogP contribution in [-0.4, -0.2) is 17.8 Å². The van der Waals surface area contributed by atoms with E-state index in [1.165, 1.54) is 0 Å². The van der Waals surface area contributed by atoms with Gasteiger partial charge in [0.1, 0.15) is 5.75 Å². The normalized spacial score (nSPS) is 12.1. The molecule has 4 heteroatoms. The molecule has 94 valence electrons. The fourth-order valence-electron chi connectivity index (χ4n) is 1.42. The number of carbonyl (C=O) groups excluding carboxylic acids is 1.